The van der Waals surface area contributed by atoms with E-state index in [0.29, 0.717) is 6.04 Å². The van der Waals surface area contributed by atoms with Gasteiger partial charge in [0.1, 0.15) is 0 Å². The van der Waals surface area contributed by atoms with Crippen molar-refractivity contribution in [3.8, 4) is 10.4 Å². The maximum atomic E-state index is 4.39. The maximum Gasteiger partial charge on any atom is 0.0680 e. The smallest absolute Gasteiger partial charge is 0.0680 e. The van der Waals surface area contributed by atoms with Gasteiger partial charge in [0.15, 0.2) is 0 Å². The van der Waals surface area contributed by atoms with Gasteiger partial charge in [0.25, 0.3) is 0 Å². The van der Waals surface area contributed by atoms with E-state index in [-0.39, 0.29) is 0 Å². The van der Waals surface area contributed by atoms with Crippen LogP contribution in [-0.2, 0) is 7.05 Å². The normalized spacial score (nSPS) is 12.9. The number of aryl methyl sites for hydroxylation is 2. The molecule has 0 saturated heterocycles. The minimum absolute atomic E-state index is 0.464. The molecular weight excluding hydrogens is 230 g/mol. The molecular formula is C13H19N3S. The molecule has 0 saturated carbocycles. The highest BCUT2D eigenvalue weighted by Gasteiger charge is 2.13. The summed E-state index contributed by atoms with van der Waals surface area (Å²) in [5.74, 6) is 0. The van der Waals surface area contributed by atoms with Crippen molar-refractivity contribution in [1.82, 2.24) is 15.1 Å². The lowest BCUT2D eigenvalue weighted by Crippen LogP contribution is -2.13. The topological polar surface area (TPSA) is 29.9 Å². The van der Waals surface area contributed by atoms with Crippen molar-refractivity contribution in [2.24, 2.45) is 7.05 Å². The molecule has 4 heteroatoms. The van der Waals surface area contributed by atoms with Crippen LogP contribution in [-0.4, -0.2) is 16.8 Å². The lowest BCUT2D eigenvalue weighted by atomic mass is 10.2. The zero-order chi connectivity index (χ0) is 12.4. The molecule has 0 amide bonds. The van der Waals surface area contributed by atoms with Crippen molar-refractivity contribution in [3.63, 3.8) is 0 Å². The Balaban J connectivity index is 2.32. The van der Waals surface area contributed by atoms with Gasteiger partial charge >= 0.3 is 0 Å². The molecule has 2 aromatic rings. The van der Waals surface area contributed by atoms with E-state index < -0.39 is 0 Å². The quantitative estimate of drug-likeness (QED) is 0.902. The predicted molar refractivity (Wildman–Crippen MR) is 73.3 cm³/mol. The Morgan fingerprint density at radius 3 is 2.76 bits per heavy atom. The number of hydrogen-bond acceptors (Lipinski definition) is 3. The number of hydrogen-bond donors (Lipinski definition) is 1. The van der Waals surface area contributed by atoms with Crippen LogP contribution in [0.3, 0.4) is 0 Å². The van der Waals surface area contributed by atoms with Crippen LogP contribution in [0.2, 0.25) is 0 Å². The first-order valence-electron chi connectivity index (χ1n) is 5.93. The van der Waals surface area contributed by atoms with E-state index in [1.54, 1.807) is 0 Å². The minimum Gasteiger partial charge on any atom is -0.312 e. The van der Waals surface area contributed by atoms with Crippen LogP contribution in [0.5, 0.6) is 0 Å². The molecule has 1 N–H and O–H groups in total. The Bertz CT molecular complexity index is 494. The second kappa shape index (κ2) is 5.02. The van der Waals surface area contributed by atoms with Crippen LogP contribution in [0.25, 0.3) is 10.4 Å². The van der Waals surface area contributed by atoms with Gasteiger partial charge in [-0.1, -0.05) is 6.92 Å². The second-order valence-electron chi connectivity index (χ2n) is 4.25. The van der Waals surface area contributed by atoms with Gasteiger partial charge in [-0.05, 0) is 32.5 Å². The van der Waals surface area contributed by atoms with Crippen LogP contribution in [0, 0.1) is 6.92 Å². The minimum atomic E-state index is 0.464. The first-order valence-corrected chi connectivity index (χ1v) is 6.75. The molecule has 0 aliphatic carbocycles. The molecule has 0 spiro atoms. The molecule has 17 heavy (non-hydrogen) atoms. The molecule has 0 bridgehead atoms. The highest BCUT2D eigenvalue weighted by molar-refractivity contribution is 7.15. The lowest BCUT2D eigenvalue weighted by molar-refractivity contribution is 0.586. The molecule has 3 nitrogen and oxygen atoms in total. The van der Waals surface area contributed by atoms with Crippen LogP contribution >= 0.6 is 11.3 Å². The molecule has 0 aliphatic rings. The number of thiophene rings is 1. The average Bonchev–Trinajstić information content (AvgIpc) is 2.87. The van der Waals surface area contributed by atoms with Crippen molar-refractivity contribution < 1.29 is 0 Å². The molecule has 2 aromatic heterocycles. The summed E-state index contributed by atoms with van der Waals surface area (Å²) in [6, 6.07) is 4.88. The third-order valence-corrected chi connectivity index (χ3v) is 4.24. The molecule has 0 fully saturated rings. The molecule has 0 aromatic carbocycles. The molecule has 2 rings (SSSR count). The van der Waals surface area contributed by atoms with Crippen molar-refractivity contribution in [1.29, 1.82) is 0 Å². The maximum absolute atomic E-state index is 4.39. The number of nitrogens with zero attached hydrogens (tertiary/aromatic N) is 2. The lowest BCUT2D eigenvalue weighted by Gasteiger charge is -2.10. The summed E-state index contributed by atoms with van der Waals surface area (Å²) in [6.45, 7) is 4.26. The van der Waals surface area contributed by atoms with E-state index in [1.807, 2.05) is 30.1 Å². The Morgan fingerprint density at radius 2 is 2.24 bits per heavy atom. The number of aromatic nitrogens is 2. The van der Waals surface area contributed by atoms with Gasteiger partial charge in [0.2, 0.25) is 0 Å². The average molecular weight is 249 g/mol. The summed E-state index contributed by atoms with van der Waals surface area (Å²) in [5, 5.41) is 7.73. The van der Waals surface area contributed by atoms with E-state index >= 15 is 0 Å². The van der Waals surface area contributed by atoms with Crippen LogP contribution in [0.4, 0.5) is 0 Å². The van der Waals surface area contributed by atoms with Gasteiger partial charge in [0, 0.05) is 34.6 Å². The van der Waals surface area contributed by atoms with E-state index in [4.69, 9.17) is 0 Å². The molecule has 0 radical (unpaired) electrons. The zero-order valence-electron chi connectivity index (χ0n) is 10.8. The largest absolute Gasteiger partial charge is 0.312 e. The summed E-state index contributed by atoms with van der Waals surface area (Å²) in [4.78, 5) is 2.70. The summed E-state index contributed by atoms with van der Waals surface area (Å²) in [5.41, 5.74) is 2.34. The number of nitrogens with one attached hydrogen (secondary N) is 1. The predicted octanol–water partition coefficient (Wildman–Crippen LogP) is 3.13. The summed E-state index contributed by atoms with van der Waals surface area (Å²) in [6.07, 6.45) is 3.20. The molecule has 1 atom stereocenters. The van der Waals surface area contributed by atoms with Crippen molar-refractivity contribution in [2.45, 2.75) is 26.3 Å². The summed E-state index contributed by atoms with van der Waals surface area (Å²) in [7, 11) is 3.98. The fourth-order valence-corrected chi connectivity index (χ4v) is 3.34. The molecule has 92 valence electrons. The Labute approximate surface area is 106 Å². The van der Waals surface area contributed by atoms with Gasteiger partial charge < -0.3 is 5.32 Å². The Morgan fingerprint density at radius 1 is 1.47 bits per heavy atom. The third kappa shape index (κ3) is 2.42. The van der Waals surface area contributed by atoms with Crippen molar-refractivity contribution >= 4 is 11.3 Å². The summed E-state index contributed by atoms with van der Waals surface area (Å²) >= 11 is 1.85. The molecule has 1 unspecified atom stereocenters. The van der Waals surface area contributed by atoms with E-state index in [1.165, 1.54) is 15.3 Å². The first kappa shape index (κ1) is 12.3. The van der Waals surface area contributed by atoms with Crippen LogP contribution < -0.4 is 5.32 Å². The van der Waals surface area contributed by atoms with E-state index in [9.17, 15) is 0 Å². The highest BCUT2D eigenvalue weighted by Crippen LogP contribution is 2.33. The molecule has 2 heterocycles. The third-order valence-electron chi connectivity index (χ3n) is 3.01. The Kier molecular flexibility index (Phi) is 3.64. The van der Waals surface area contributed by atoms with Crippen LogP contribution in [0.1, 0.15) is 30.0 Å². The van der Waals surface area contributed by atoms with Crippen LogP contribution in [0.15, 0.2) is 18.3 Å². The number of rotatable bonds is 4. The first-order chi connectivity index (χ1) is 8.15. The van der Waals surface area contributed by atoms with Gasteiger partial charge in [0.05, 0.1) is 5.69 Å². The SMILES string of the molecule is CCC(NC)c1ccc(-c2cn(C)nc2C)s1. The highest BCUT2D eigenvalue weighted by atomic mass is 32.1. The van der Waals surface area contributed by atoms with Crippen molar-refractivity contribution in [3.05, 3.63) is 28.9 Å². The fourth-order valence-electron chi connectivity index (χ4n) is 2.07. The van der Waals surface area contributed by atoms with E-state index in [2.05, 4.69) is 42.6 Å². The van der Waals surface area contributed by atoms with Crippen molar-refractivity contribution in [2.75, 3.05) is 7.05 Å². The zero-order valence-corrected chi connectivity index (χ0v) is 11.6. The van der Waals surface area contributed by atoms with Gasteiger partial charge in [-0.25, -0.2) is 0 Å². The standard InChI is InChI=1S/C13H19N3S/c1-5-11(14-3)13-7-6-12(17-13)10-8-16(4)15-9(10)2/h6-8,11,14H,5H2,1-4H3. The summed E-state index contributed by atoms with van der Waals surface area (Å²) < 4.78 is 1.87. The van der Waals surface area contributed by atoms with Gasteiger partial charge in [-0.3, -0.25) is 4.68 Å². The Hall–Kier alpha value is -1.13. The van der Waals surface area contributed by atoms with E-state index in [0.717, 1.165) is 12.1 Å². The fraction of sp³-hybridized carbons (Fsp3) is 0.462. The second-order valence-corrected chi connectivity index (χ2v) is 5.37. The van der Waals surface area contributed by atoms with Gasteiger partial charge in [-0.15, -0.1) is 11.3 Å². The monoisotopic (exact) mass is 249 g/mol. The molecule has 0 aliphatic heterocycles. The van der Waals surface area contributed by atoms with Gasteiger partial charge in [-0.2, -0.15) is 5.10 Å².